The molecule has 5 heteroatoms. The molecule has 2 aromatic carbocycles. The number of aromatic amines is 1. The Morgan fingerprint density at radius 1 is 1.20 bits per heavy atom. The fourth-order valence-electron chi connectivity index (χ4n) is 3.56. The molecule has 0 unspecified atom stereocenters. The van der Waals surface area contributed by atoms with E-state index in [2.05, 4.69) is 16.4 Å². The smallest absolute Gasteiger partial charge is 0.257 e. The Morgan fingerprint density at radius 2 is 2.04 bits per heavy atom. The molecule has 0 radical (unpaired) electrons. The van der Waals surface area contributed by atoms with Crippen molar-refractivity contribution in [3.05, 3.63) is 58.2 Å². The number of rotatable bonds is 3. The van der Waals surface area contributed by atoms with Gasteiger partial charge in [-0.05, 0) is 55.5 Å². The van der Waals surface area contributed by atoms with Gasteiger partial charge in [-0.1, -0.05) is 23.7 Å². The summed E-state index contributed by atoms with van der Waals surface area (Å²) in [5, 5.41) is 4.55. The molecule has 0 saturated carbocycles. The van der Waals surface area contributed by atoms with Crippen LogP contribution in [0.3, 0.4) is 0 Å². The number of hydrogen-bond acceptors (Lipinski definition) is 2. The van der Waals surface area contributed by atoms with Crippen LogP contribution in [0.1, 0.15) is 34.5 Å². The molecule has 1 heterocycles. The third-order valence-electron chi connectivity index (χ3n) is 4.79. The standard InChI is InChI=1S/C20H19ClN2O2/c1-25-18-10-9-12(11-16(18)21)22-20(24)15-7-4-6-14-13-5-2-3-8-17(13)23-19(14)15/h4,6-7,9-11,23H,2-3,5,8H2,1H3,(H,22,24). The van der Waals surface area contributed by atoms with Gasteiger partial charge < -0.3 is 15.0 Å². The number of methoxy groups -OCH3 is 1. The Balaban J connectivity index is 1.68. The number of fused-ring (bicyclic) bond motifs is 3. The molecule has 0 aliphatic heterocycles. The molecule has 0 spiro atoms. The Bertz CT molecular complexity index is 962. The third kappa shape index (κ3) is 2.87. The molecule has 0 saturated heterocycles. The minimum atomic E-state index is -0.148. The Morgan fingerprint density at radius 3 is 2.84 bits per heavy atom. The predicted octanol–water partition coefficient (Wildman–Crippen LogP) is 4.96. The molecule has 0 atom stereocenters. The lowest BCUT2D eigenvalue weighted by atomic mass is 9.95. The maximum atomic E-state index is 12.8. The molecular formula is C20H19ClN2O2. The molecule has 1 aromatic heterocycles. The van der Waals surface area contributed by atoms with Gasteiger partial charge in [-0.3, -0.25) is 4.79 Å². The van der Waals surface area contributed by atoms with Gasteiger partial charge in [0.15, 0.2) is 0 Å². The third-order valence-corrected chi connectivity index (χ3v) is 5.08. The number of carbonyl (C=O) groups excluding carboxylic acids is 1. The first-order chi connectivity index (χ1) is 12.2. The van der Waals surface area contributed by atoms with Crippen molar-refractivity contribution in [1.29, 1.82) is 0 Å². The number of hydrogen-bond donors (Lipinski definition) is 2. The van der Waals surface area contributed by atoms with Crippen molar-refractivity contribution in [1.82, 2.24) is 4.98 Å². The Labute approximate surface area is 151 Å². The van der Waals surface area contributed by atoms with E-state index in [9.17, 15) is 4.79 Å². The first kappa shape index (κ1) is 16.0. The van der Waals surface area contributed by atoms with Gasteiger partial charge in [0, 0.05) is 16.8 Å². The van der Waals surface area contributed by atoms with E-state index >= 15 is 0 Å². The van der Waals surface area contributed by atoms with Gasteiger partial charge in [0.2, 0.25) is 0 Å². The molecular weight excluding hydrogens is 336 g/mol. The predicted molar refractivity (Wildman–Crippen MR) is 101 cm³/mol. The second-order valence-corrected chi connectivity index (χ2v) is 6.73. The Kier molecular flexibility index (Phi) is 4.14. The summed E-state index contributed by atoms with van der Waals surface area (Å²) in [5.41, 5.74) is 4.85. The van der Waals surface area contributed by atoms with Crippen LogP contribution in [-0.4, -0.2) is 18.0 Å². The molecule has 1 amide bonds. The lowest BCUT2D eigenvalue weighted by Crippen LogP contribution is -2.12. The molecule has 128 valence electrons. The van der Waals surface area contributed by atoms with Crippen LogP contribution >= 0.6 is 11.6 Å². The van der Waals surface area contributed by atoms with E-state index in [-0.39, 0.29) is 5.91 Å². The minimum absolute atomic E-state index is 0.148. The average molecular weight is 355 g/mol. The normalized spacial score (nSPS) is 13.5. The van der Waals surface area contributed by atoms with E-state index in [0.29, 0.717) is 22.0 Å². The highest BCUT2D eigenvalue weighted by molar-refractivity contribution is 6.32. The van der Waals surface area contributed by atoms with Crippen molar-refractivity contribution in [3.63, 3.8) is 0 Å². The summed E-state index contributed by atoms with van der Waals surface area (Å²) in [7, 11) is 1.56. The highest BCUT2D eigenvalue weighted by atomic mass is 35.5. The van der Waals surface area contributed by atoms with Crippen LogP contribution in [0, 0.1) is 0 Å². The zero-order valence-electron chi connectivity index (χ0n) is 14.0. The van der Waals surface area contributed by atoms with Crippen molar-refractivity contribution in [2.45, 2.75) is 25.7 Å². The van der Waals surface area contributed by atoms with Gasteiger partial charge >= 0.3 is 0 Å². The van der Waals surface area contributed by atoms with Crippen LogP contribution in [0.15, 0.2) is 36.4 Å². The number of nitrogens with one attached hydrogen (secondary N) is 2. The monoisotopic (exact) mass is 354 g/mol. The summed E-state index contributed by atoms with van der Waals surface area (Å²) < 4.78 is 5.14. The topological polar surface area (TPSA) is 54.1 Å². The molecule has 0 bridgehead atoms. The summed E-state index contributed by atoms with van der Waals surface area (Å²) >= 11 is 6.14. The van der Waals surface area contributed by atoms with Gasteiger partial charge in [0.05, 0.1) is 23.2 Å². The zero-order valence-corrected chi connectivity index (χ0v) is 14.7. The number of carbonyl (C=O) groups is 1. The first-order valence-electron chi connectivity index (χ1n) is 8.44. The molecule has 2 N–H and O–H groups in total. The average Bonchev–Trinajstić information content (AvgIpc) is 3.00. The van der Waals surface area contributed by atoms with Crippen molar-refractivity contribution in [2.24, 2.45) is 0 Å². The van der Waals surface area contributed by atoms with Crippen LogP contribution in [0.2, 0.25) is 5.02 Å². The van der Waals surface area contributed by atoms with Crippen molar-refractivity contribution < 1.29 is 9.53 Å². The fourth-order valence-corrected chi connectivity index (χ4v) is 3.82. The summed E-state index contributed by atoms with van der Waals surface area (Å²) in [5.74, 6) is 0.434. The number of aromatic nitrogens is 1. The lowest BCUT2D eigenvalue weighted by molar-refractivity contribution is 0.102. The van der Waals surface area contributed by atoms with E-state index in [0.717, 1.165) is 23.7 Å². The number of halogens is 1. The first-order valence-corrected chi connectivity index (χ1v) is 8.82. The van der Waals surface area contributed by atoms with E-state index in [4.69, 9.17) is 16.3 Å². The highest BCUT2D eigenvalue weighted by Crippen LogP contribution is 2.32. The molecule has 1 aliphatic carbocycles. The van der Waals surface area contributed by atoms with E-state index < -0.39 is 0 Å². The number of ether oxygens (including phenoxy) is 1. The molecule has 4 rings (SSSR count). The molecule has 0 fully saturated rings. The minimum Gasteiger partial charge on any atom is -0.495 e. The second-order valence-electron chi connectivity index (χ2n) is 6.32. The second kappa shape index (κ2) is 6.45. The summed E-state index contributed by atoms with van der Waals surface area (Å²) in [6, 6.07) is 11.1. The molecule has 1 aliphatic rings. The quantitative estimate of drug-likeness (QED) is 0.698. The molecule has 3 aromatic rings. The van der Waals surface area contributed by atoms with Crippen LogP contribution < -0.4 is 10.1 Å². The van der Waals surface area contributed by atoms with Crippen molar-refractivity contribution in [3.8, 4) is 5.75 Å². The van der Waals surface area contributed by atoms with Crippen LogP contribution in [-0.2, 0) is 12.8 Å². The SMILES string of the molecule is COc1ccc(NC(=O)c2cccc3c4c([nH]c23)CCCC4)cc1Cl. The number of H-pyrrole nitrogens is 1. The molecule has 25 heavy (non-hydrogen) atoms. The summed E-state index contributed by atoms with van der Waals surface area (Å²) in [4.78, 5) is 16.3. The van der Waals surface area contributed by atoms with Crippen LogP contribution in [0.25, 0.3) is 10.9 Å². The fraction of sp³-hybridized carbons (Fsp3) is 0.250. The van der Waals surface area contributed by atoms with Crippen molar-refractivity contribution in [2.75, 3.05) is 12.4 Å². The zero-order chi connectivity index (χ0) is 17.4. The summed E-state index contributed by atoms with van der Waals surface area (Å²) in [6.07, 6.45) is 4.54. The Hall–Kier alpha value is -2.46. The van der Waals surface area contributed by atoms with Crippen molar-refractivity contribution >= 4 is 34.1 Å². The van der Waals surface area contributed by atoms with E-state index in [1.165, 1.54) is 24.1 Å². The van der Waals surface area contributed by atoms with Gasteiger partial charge in [-0.15, -0.1) is 0 Å². The van der Waals surface area contributed by atoms with Gasteiger partial charge in [0.25, 0.3) is 5.91 Å². The van der Waals surface area contributed by atoms with Gasteiger partial charge in [0.1, 0.15) is 5.75 Å². The maximum Gasteiger partial charge on any atom is 0.257 e. The largest absolute Gasteiger partial charge is 0.495 e. The number of aryl methyl sites for hydroxylation is 2. The summed E-state index contributed by atoms with van der Waals surface area (Å²) in [6.45, 7) is 0. The number of amides is 1. The maximum absolute atomic E-state index is 12.8. The highest BCUT2D eigenvalue weighted by Gasteiger charge is 2.19. The number of para-hydroxylation sites is 1. The number of benzene rings is 2. The van der Waals surface area contributed by atoms with Gasteiger partial charge in [-0.2, -0.15) is 0 Å². The van der Waals surface area contributed by atoms with E-state index in [1.54, 1.807) is 25.3 Å². The van der Waals surface area contributed by atoms with Crippen LogP contribution in [0.5, 0.6) is 5.75 Å². The van der Waals surface area contributed by atoms with Gasteiger partial charge in [-0.25, -0.2) is 0 Å². The van der Waals surface area contributed by atoms with E-state index in [1.807, 2.05) is 12.1 Å². The molecule has 4 nitrogen and oxygen atoms in total. The number of anilines is 1. The lowest BCUT2D eigenvalue weighted by Gasteiger charge is -2.10. The van der Waals surface area contributed by atoms with Crippen LogP contribution in [0.4, 0.5) is 5.69 Å².